The lowest BCUT2D eigenvalue weighted by molar-refractivity contribution is 1.31. The van der Waals surface area contributed by atoms with Gasteiger partial charge >= 0.3 is 0 Å². The summed E-state index contributed by atoms with van der Waals surface area (Å²) in [7, 11) is 0. The van der Waals surface area contributed by atoms with Crippen LogP contribution in [0, 0.1) is 0 Å². The van der Waals surface area contributed by atoms with Gasteiger partial charge in [-0.2, -0.15) is 0 Å². The van der Waals surface area contributed by atoms with Gasteiger partial charge in [0.1, 0.15) is 0 Å². The first kappa shape index (κ1) is 7.79. The van der Waals surface area contributed by atoms with Gasteiger partial charge in [-0.1, -0.05) is 19.1 Å². The summed E-state index contributed by atoms with van der Waals surface area (Å²) >= 11 is 0. The van der Waals surface area contributed by atoms with Crippen LogP contribution in [0.15, 0.2) is 29.3 Å². The summed E-state index contributed by atoms with van der Waals surface area (Å²) < 4.78 is 0. The average molecular weight is 148 g/mol. The molecule has 2 nitrogen and oxygen atoms in total. The molecule has 0 amide bonds. The second-order valence-corrected chi connectivity index (χ2v) is 2.28. The second kappa shape index (κ2) is 3.76. The zero-order valence-electron chi connectivity index (χ0n) is 6.62. The van der Waals surface area contributed by atoms with Crippen molar-refractivity contribution in [3.05, 3.63) is 24.3 Å². The predicted molar refractivity (Wildman–Crippen MR) is 49.3 cm³/mol. The Morgan fingerprint density at radius 1 is 1.45 bits per heavy atom. The number of rotatable bonds is 2. The van der Waals surface area contributed by atoms with E-state index in [-0.39, 0.29) is 0 Å². The van der Waals surface area contributed by atoms with E-state index in [1.165, 1.54) is 0 Å². The van der Waals surface area contributed by atoms with E-state index in [1.54, 1.807) is 0 Å². The van der Waals surface area contributed by atoms with Crippen LogP contribution in [0.4, 0.5) is 11.4 Å². The molecule has 0 aliphatic carbocycles. The summed E-state index contributed by atoms with van der Waals surface area (Å²) in [5, 5.41) is 0. The highest BCUT2D eigenvalue weighted by Gasteiger charge is 1.90. The SMILES string of the molecule is CCC=Nc1ccccc1N. The molecule has 0 aromatic heterocycles. The number of nitrogens with two attached hydrogens (primary N) is 1. The fourth-order valence-corrected chi connectivity index (χ4v) is 0.795. The molecular formula is C9H12N2. The standard InChI is InChI=1S/C9H12N2/c1-2-7-11-9-6-4-3-5-8(9)10/h3-7H,2,10H2,1H3. The lowest BCUT2D eigenvalue weighted by Gasteiger charge is -1.96. The molecule has 0 unspecified atom stereocenters. The summed E-state index contributed by atoms with van der Waals surface area (Å²) in [5.74, 6) is 0. The predicted octanol–water partition coefficient (Wildman–Crippen LogP) is 2.38. The van der Waals surface area contributed by atoms with E-state index in [9.17, 15) is 0 Å². The van der Waals surface area contributed by atoms with Crippen molar-refractivity contribution in [1.82, 2.24) is 0 Å². The molecule has 11 heavy (non-hydrogen) atoms. The molecule has 0 spiro atoms. The number of aliphatic imine (C=N–C) groups is 1. The van der Waals surface area contributed by atoms with Crippen LogP contribution in [0.5, 0.6) is 0 Å². The maximum absolute atomic E-state index is 5.65. The Kier molecular flexibility index (Phi) is 2.66. The van der Waals surface area contributed by atoms with Crippen molar-refractivity contribution in [1.29, 1.82) is 0 Å². The fraction of sp³-hybridized carbons (Fsp3) is 0.222. The largest absolute Gasteiger partial charge is 0.397 e. The van der Waals surface area contributed by atoms with Gasteiger partial charge in [0.25, 0.3) is 0 Å². The Balaban J connectivity index is 2.86. The van der Waals surface area contributed by atoms with E-state index < -0.39 is 0 Å². The van der Waals surface area contributed by atoms with E-state index in [0.29, 0.717) is 0 Å². The first-order chi connectivity index (χ1) is 5.34. The van der Waals surface area contributed by atoms with Crippen LogP contribution in [-0.2, 0) is 0 Å². The second-order valence-electron chi connectivity index (χ2n) is 2.28. The molecule has 0 heterocycles. The molecule has 1 aromatic rings. The highest BCUT2D eigenvalue weighted by Crippen LogP contribution is 2.19. The monoisotopic (exact) mass is 148 g/mol. The zero-order valence-corrected chi connectivity index (χ0v) is 6.62. The Hall–Kier alpha value is -1.31. The summed E-state index contributed by atoms with van der Waals surface area (Å²) in [4.78, 5) is 4.17. The van der Waals surface area contributed by atoms with Crippen LogP contribution in [-0.4, -0.2) is 6.21 Å². The van der Waals surface area contributed by atoms with E-state index in [1.807, 2.05) is 37.4 Å². The number of hydrogen-bond donors (Lipinski definition) is 1. The van der Waals surface area contributed by atoms with Crippen LogP contribution in [0.2, 0.25) is 0 Å². The van der Waals surface area contributed by atoms with Gasteiger partial charge in [0.15, 0.2) is 0 Å². The molecule has 0 radical (unpaired) electrons. The number of benzene rings is 1. The number of anilines is 1. The molecule has 1 rings (SSSR count). The smallest absolute Gasteiger partial charge is 0.0854 e. The van der Waals surface area contributed by atoms with Gasteiger partial charge in [-0.3, -0.25) is 4.99 Å². The van der Waals surface area contributed by atoms with E-state index in [4.69, 9.17) is 5.73 Å². The van der Waals surface area contributed by atoms with E-state index >= 15 is 0 Å². The Labute approximate surface area is 66.8 Å². The third kappa shape index (κ3) is 2.08. The van der Waals surface area contributed by atoms with Crippen molar-refractivity contribution >= 4 is 17.6 Å². The molecule has 0 bridgehead atoms. The molecule has 0 aliphatic rings. The first-order valence-electron chi connectivity index (χ1n) is 3.71. The summed E-state index contributed by atoms with van der Waals surface area (Å²) in [6.45, 7) is 2.04. The van der Waals surface area contributed by atoms with Crippen molar-refractivity contribution < 1.29 is 0 Å². The number of para-hydroxylation sites is 2. The number of hydrogen-bond acceptors (Lipinski definition) is 2. The summed E-state index contributed by atoms with van der Waals surface area (Å²) in [6, 6.07) is 7.59. The van der Waals surface area contributed by atoms with Crippen LogP contribution in [0.1, 0.15) is 13.3 Å². The van der Waals surface area contributed by atoms with Crippen LogP contribution in [0.3, 0.4) is 0 Å². The van der Waals surface area contributed by atoms with Crippen molar-refractivity contribution in [3.8, 4) is 0 Å². The maximum atomic E-state index is 5.65. The molecule has 2 heteroatoms. The molecule has 58 valence electrons. The molecule has 1 aromatic carbocycles. The third-order valence-electron chi connectivity index (χ3n) is 1.35. The van der Waals surface area contributed by atoms with Crippen LogP contribution < -0.4 is 5.73 Å². The first-order valence-corrected chi connectivity index (χ1v) is 3.71. The zero-order chi connectivity index (χ0) is 8.10. The molecule has 0 saturated carbocycles. The van der Waals surface area contributed by atoms with Crippen molar-refractivity contribution in [2.75, 3.05) is 5.73 Å². The van der Waals surface area contributed by atoms with Crippen LogP contribution in [0.25, 0.3) is 0 Å². The molecule has 2 N–H and O–H groups in total. The quantitative estimate of drug-likeness (QED) is 0.507. The normalized spacial score (nSPS) is 10.6. The molecule has 0 aliphatic heterocycles. The Morgan fingerprint density at radius 3 is 2.82 bits per heavy atom. The van der Waals surface area contributed by atoms with Crippen molar-refractivity contribution in [2.24, 2.45) is 4.99 Å². The number of nitrogen functional groups attached to an aromatic ring is 1. The van der Waals surface area contributed by atoms with Gasteiger partial charge in [0.2, 0.25) is 0 Å². The van der Waals surface area contributed by atoms with E-state index in [0.717, 1.165) is 17.8 Å². The highest BCUT2D eigenvalue weighted by molar-refractivity contribution is 5.70. The van der Waals surface area contributed by atoms with Gasteiger partial charge in [0.05, 0.1) is 11.4 Å². The van der Waals surface area contributed by atoms with Gasteiger partial charge in [-0.15, -0.1) is 0 Å². The summed E-state index contributed by atoms with van der Waals surface area (Å²) in [5.41, 5.74) is 7.24. The highest BCUT2D eigenvalue weighted by atomic mass is 14.8. The minimum absolute atomic E-state index is 0.734. The van der Waals surface area contributed by atoms with Gasteiger partial charge in [-0.25, -0.2) is 0 Å². The van der Waals surface area contributed by atoms with Gasteiger partial charge in [-0.05, 0) is 18.6 Å². The van der Waals surface area contributed by atoms with Crippen LogP contribution >= 0.6 is 0 Å². The average Bonchev–Trinajstić information content (AvgIpc) is 2.03. The summed E-state index contributed by atoms with van der Waals surface area (Å²) in [6.07, 6.45) is 2.79. The lowest BCUT2D eigenvalue weighted by Crippen LogP contribution is -1.83. The molecular weight excluding hydrogens is 136 g/mol. The number of nitrogens with zero attached hydrogens (tertiary/aromatic N) is 1. The van der Waals surface area contributed by atoms with Gasteiger partial charge in [0, 0.05) is 6.21 Å². The Bertz CT molecular complexity index is 253. The lowest BCUT2D eigenvalue weighted by atomic mass is 10.3. The fourth-order valence-electron chi connectivity index (χ4n) is 0.795. The Morgan fingerprint density at radius 2 is 2.18 bits per heavy atom. The third-order valence-corrected chi connectivity index (χ3v) is 1.35. The maximum Gasteiger partial charge on any atom is 0.0854 e. The van der Waals surface area contributed by atoms with Crippen molar-refractivity contribution in [2.45, 2.75) is 13.3 Å². The molecule has 0 atom stereocenters. The topological polar surface area (TPSA) is 38.4 Å². The van der Waals surface area contributed by atoms with Gasteiger partial charge < -0.3 is 5.73 Å². The molecule has 0 fully saturated rings. The van der Waals surface area contributed by atoms with Crippen molar-refractivity contribution in [3.63, 3.8) is 0 Å². The molecule has 0 saturated heterocycles. The van der Waals surface area contributed by atoms with E-state index in [2.05, 4.69) is 4.99 Å². The minimum Gasteiger partial charge on any atom is -0.397 e. The minimum atomic E-state index is 0.734.